The highest BCUT2D eigenvalue weighted by Gasteiger charge is 2.29. The zero-order valence-corrected chi connectivity index (χ0v) is 21.1. The van der Waals surface area contributed by atoms with Crippen LogP contribution in [0.2, 0.25) is 0 Å². The molecule has 1 aromatic carbocycles. The van der Waals surface area contributed by atoms with Gasteiger partial charge in [-0.15, -0.1) is 0 Å². The first-order chi connectivity index (χ1) is 16.2. The topological polar surface area (TPSA) is 115 Å². The minimum absolute atomic E-state index is 0.0134. The van der Waals surface area contributed by atoms with Gasteiger partial charge in [0.05, 0.1) is 36.5 Å². The molecule has 11 heteroatoms. The lowest BCUT2D eigenvalue weighted by Crippen LogP contribution is -2.47. The summed E-state index contributed by atoms with van der Waals surface area (Å²) in [7, 11) is -3.98. The first kappa shape index (κ1) is 26.0. The average Bonchev–Trinajstić information content (AvgIpc) is 3.11. The third-order valence-corrected chi connectivity index (χ3v) is 7.14. The number of carbonyl (C=O) groups is 1. The number of amides is 1. The Morgan fingerprint density at radius 1 is 1.18 bits per heavy atom. The molecule has 34 heavy (non-hydrogen) atoms. The largest absolute Gasteiger partial charge is 0.490 e. The molecular formula is C23H35N5O5S. The summed E-state index contributed by atoms with van der Waals surface area (Å²) in [6.45, 7) is 12.2. The molecule has 2 N–H and O–H groups in total. The van der Waals surface area contributed by atoms with Crippen LogP contribution in [0.3, 0.4) is 0 Å². The van der Waals surface area contributed by atoms with Crippen LogP contribution in [0.15, 0.2) is 35.5 Å². The van der Waals surface area contributed by atoms with Crippen LogP contribution in [-0.4, -0.2) is 67.9 Å². The van der Waals surface area contributed by atoms with E-state index >= 15 is 0 Å². The average molecular weight is 494 g/mol. The molecule has 1 aliphatic rings. The maximum atomic E-state index is 13.1. The fourth-order valence-corrected chi connectivity index (χ4v) is 4.95. The summed E-state index contributed by atoms with van der Waals surface area (Å²) in [5.74, 6) is 0.153. The zero-order chi connectivity index (χ0) is 24.7. The summed E-state index contributed by atoms with van der Waals surface area (Å²) in [5, 5.41) is 7.08. The number of ether oxygens (including phenoxy) is 2. The number of sulfonamides is 1. The maximum Gasteiger partial charge on any atom is 0.242 e. The molecule has 0 bridgehead atoms. The van der Waals surface area contributed by atoms with Crippen molar-refractivity contribution in [2.75, 3.05) is 38.2 Å². The van der Waals surface area contributed by atoms with Crippen molar-refractivity contribution in [1.29, 1.82) is 0 Å². The van der Waals surface area contributed by atoms with E-state index in [4.69, 9.17) is 9.47 Å². The Bertz CT molecular complexity index is 1070. The Kier molecular flexibility index (Phi) is 8.92. The molecule has 0 aliphatic carbocycles. The second kappa shape index (κ2) is 11.7. The summed E-state index contributed by atoms with van der Waals surface area (Å²) in [5.41, 5.74) is 0.518. The number of aromatic nitrogens is 2. The van der Waals surface area contributed by atoms with E-state index < -0.39 is 22.0 Å². The van der Waals surface area contributed by atoms with E-state index in [1.54, 1.807) is 37.0 Å². The van der Waals surface area contributed by atoms with Crippen LogP contribution in [0, 0.1) is 5.92 Å². The maximum absolute atomic E-state index is 13.1. The lowest BCUT2D eigenvalue weighted by Gasteiger charge is -2.21. The molecule has 1 aliphatic heterocycles. The van der Waals surface area contributed by atoms with E-state index in [1.165, 1.54) is 12.1 Å². The molecule has 10 nitrogen and oxygen atoms in total. The van der Waals surface area contributed by atoms with E-state index in [2.05, 4.69) is 33.9 Å². The number of hydrogen-bond donors (Lipinski definition) is 2. The predicted octanol–water partition coefficient (Wildman–Crippen LogP) is 2.33. The van der Waals surface area contributed by atoms with Gasteiger partial charge in [0.2, 0.25) is 15.9 Å². The summed E-state index contributed by atoms with van der Waals surface area (Å²) in [4.78, 5) is 15.3. The summed E-state index contributed by atoms with van der Waals surface area (Å²) in [6, 6.07) is 3.48. The van der Waals surface area contributed by atoms with Crippen molar-refractivity contribution in [2.24, 2.45) is 5.92 Å². The smallest absolute Gasteiger partial charge is 0.242 e. The lowest BCUT2D eigenvalue weighted by molar-refractivity contribution is -0.118. The van der Waals surface area contributed by atoms with Gasteiger partial charge in [0, 0.05) is 25.2 Å². The van der Waals surface area contributed by atoms with Gasteiger partial charge in [-0.1, -0.05) is 27.7 Å². The van der Waals surface area contributed by atoms with Crippen LogP contribution in [0.5, 0.6) is 11.5 Å². The molecule has 2 heterocycles. The van der Waals surface area contributed by atoms with Crippen molar-refractivity contribution >= 4 is 21.6 Å². The van der Waals surface area contributed by atoms with Crippen molar-refractivity contribution in [1.82, 2.24) is 19.4 Å². The minimum Gasteiger partial charge on any atom is -0.490 e. The van der Waals surface area contributed by atoms with Crippen molar-refractivity contribution in [2.45, 2.75) is 51.6 Å². The van der Waals surface area contributed by atoms with E-state index in [1.807, 2.05) is 0 Å². The third kappa shape index (κ3) is 6.71. The number of anilines is 1. The SMILES string of the molecule is CCN(CC)CCn1cc(NC(=O)C(NS(=O)(=O)c2ccc3c(c2)OCCCO3)C(C)C)cn1. The second-order valence-electron chi connectivity index (χ2n) is 8.51. The number of likely N-dealkylation sites (N-methyl/N-ethyl adjacent to an activating group) is 1. The first-order valence-electron chi connectivity index (χ1n) is 11.7. The molecular weight excluding hydrogens is 458 g/mol. The Hall–Kier alpha value is -2.63. The molecule has 0 radical (unpaired) electrons. The number of rotatable bonds is 11. The molecule has 0 saturated carbocycles. The van der Waals surface area contributed by atoms with Gasteiger partial charge in [-0.05, 0) is 31.1 Å². The predicted molar refractivity (Wildman–Crippen MR) is 130 cm³/mol. The van der Waals surface area contributed by atoms with E-state index in [0.717, 1.165) is 26.1 Å². The number of benzene rings is 1. The normalized spacial score (nSPS) is 14.8. The van der Waals surface area contributed by atoms with Gasteiger partial charge in [-0.3, -0.25) is 9.48 Å². The molecule has 1 atom stereocenters. The van der Waals surface area contributed by atoms with Crippen LogP contribution in [0.4, 0.5) is 5.69 Å². The first-order valence-corrected chi connectivity index (χ1v) is 13.2. The summed E-state index contributed by atoms with van der Waals surface area (Å²) in [6.07, 6.45) is 4.03. The van der Waals surface area contributed by atoms with Crippen molar-refractivity contribution in [3.8, 4) is 11.5 Å². The quantitative estimate of drug-likeness (QED) is 0.494. The van der Waals surface area contributed by atoms with Gasteiger partial charge in [0.1, 0.15) is 6.04 Å². The molecule has 2 aromatic rings. The fourth-order valence-electron chi connectivity index (χ4n) is 3.59. The summed E-state index contributed by atoms with van der Waals surface area (Å²) < 4.78 is 41.6. The van der Waals surface area contributed by atoms with Gasteiger partial charge in [0.25, 0.3) is 0 Å². The Labute approximate surface area is 201 Å². The Balaban J connectivity index is 1.68. The van der Waals surface area contributed by atoms with E-state index in [9.17, 15) is 13.2 Å². The molecule has 0 saturated heterocycles. The minimum atomic E-state index is -3.98. The van der Waals surface area contributed by atoms with Crippen LogP contribution in [0.1, 0.15) is 34.1 Å². The monoisotopic (exact) mass is 493 g/mol. The highest BCUT2D eigenvalue weighted by molar-refractivity contribution is 7.89. The zero-order valence-electron chi connectivity index (χ0n) is 20.3. The molecule has 3 rings (SSSR count). The second-order valence-corrected chi connectivity index (χ2v) is 10.2. The number of fused-ring (bicyclic) bond motifs is 1. The standard InChI is InChI=1S/C23H35N5O5S/c1-5-27(6-2)10-11-28-16-18(15-24-28)25-23(29)22(17(3)4)26-34(30,31)19-8-9-20-21(14-19)33-13-7-12-32-20/h8-9,14-17,22,26H,5-7,10-13H2,1-4H3,(H,25,29). The number of hydrogen-bond acceptors (Lipinski definition) is 7. The molecule has 0 fully saturated rings. The van der Waals surface area contributed by atoms with Crippen LogP contribution in [0.25, 0.3) is 0 Å². The van der Waals surface area contributed by atoms with Gasteiger partial charge >= 0.3 is 0 Å². The van der Waals surface area contributed by atoms with Gasteiger partial charge in [-0.2, -0.15) is 9.82 Å². The third-order valence-electron chi connectivity index (χ3n) is 5.70. The molecule has 0 spiro atoms. The molecule has 1 amide bonds. The number of nitrogens with one attached hydrogen (secondary N) is 2. The lowest BCUT2D eigenvalue weighted by atomic mass is 10.1. The summed E-state index contributed by atoms with van der Waals surface area (Å²) >= 11 is 0. The Morgan fingerprint density at radius 3 is 2.56 bits per heavy atom. The molecule has 1 unspecified atom stereocenters. The van der Waals surface area contributed by atoms with E-state index in [-0.39, 0.29) is 10.8 Å². The highest BCUT2D eigenvalue weighted by atomic mass is 32.2. The van der Waals surface area contributed by atoms with Crippen molar-refractivity contribution in [3.63, 3.8) is 0 Å². The molecule has 1 aromatic heterocycles. The number of nitrogens with zero attached hydrogens (tertiary/aromatic N) is 3. The van der Waals surface area contributed by atoms with Crippen LogP contribution >= 0.6 is 0 Å². The van der Waals surface area contributed by atoms with E-state index in [0.29, 0.717) is 36.9 Å². The van der Waals surface area contributed by atoms with Crippen molar-refractivity contribution in [3.05, 3.63) is 30.6 Å². The van der Waals surface area contributed by atoms with Gasteiger partial charge < -0.3 is 19.7 Å². The Morgan fingerprint density at radius 2 is 1.88 bits per heavy atom. The van der Waals surface area contributed by atoms with Crippen LogP contribution < -0.4 is 19.5 Å². The van der Waals surface area contributed by atoms with Gasteiger partial charge in [-0.25, -0.2) is 8.42 Å². The van der Waals surface area contributed by atoms with Crippen LogP contribution in [-0.2, 0) is 21.4 Å². The number of carbonyl (C=O) groups excluding carboxylic acids is 1. The molecule has 188 valence electrons. The fraction of sp³-hybridized carbons (Fsp3) is 0.565. The highest BCUT2D eigenvalue weighted by Crippen LogP contribution is 2.32. The van der Waals surface area contributed by atoms with Crippen molar-refractivity contribution < 1.29 is 22.7 Å². The van der Waals surface area contributed by atoms with Gasteiger partial charge in [0.15, 0.2) is 11.5 Å².